The van der Waals surface area contributed by atoms with Crippen LogP contribution in [0.2, 0.25) is 0 Å². The normalized spacial score (nSPS) is 26.9. The number of nitrogens with one attached hydrogen (secondary N) is 1. The SMILES string of the molecule is CC1CCC(NC(=O)CCOCC(F)F)(C(N)=NO)CC1. The van der Waals surface area contributed by atoms with Gasteiger partial charge < -0.3 is 21.0 Å². The Bertz CT molecular complexity index is 370. The van der Waals surface area contributed by atoms with E-state index >= 15 is 0 Å². The molecule has 0 saturated heterocycles. The summed E-state index contributed by atoms with van der Waals surface area (Å²) < 4.78 is 28.5. The fourth-order valence-electron chi connectivity index (χ4n) is 2.46. The molecule has 0 atom stereocenters. The van der Waals surface area contributed by atoms with Crippen LogP contribution < -0.4 is 11.1 Å². The zero-order valence-corrected chi connectivity index (χ0v) is 12.1. The topological polar surface area (TPSA) is 96.9 Å². The van der Waals surface area contributed by atoms with Gasteiger partial charge in [-0.1, -0.05) is 12.1 Å². The highest BCUT2D eigenvalue weighted by Gasteiger charge is 2.39. The van der Waals surface area contributed by atoms with Gasteiger partial charge in [0.15, 0.2) is 5.84 Å². The molecule has 21 heavy (non-hydrogen) atoms. The summed E-state index contributed by atoms with van der Waals surface area (Å²) in [5.74, 6) is 0.151. The van der Waals surface area contributed by atoms with E-state index in [-0.39, 0.29) is 24.8 Å². The molecule has 0 unspecified atom stereocenters. The number of alkyl halides is 2. The van der Waals surface area contributed by atoms with Gasteiger partial charge in [-0.25, -0.2) is 8.78 Å². The average Bonchev–Trinajstić information content (AvgIpc) is 2.45. The Hall–Kier alpha value is -1.44. The van der Waals surface area contributed by atoms with Gasteiger partial charge in [0, 0.05) is 6.42 Å². The Morgan fingerprint density at radius 3 is 2.67 bits per heavy atom. The second-order valence-electron chi connectivity index (χ2n) is 5.51. The van der Waals surface area contributed by atoms with E-state index in [0.717, 1.165) is 12.8 Å². The highest BCUT2D eigenvalue weighted by Crippen LogP contribution is 2.32. The molecule has 0 aromatic rings. The number of carbonyl (C=O) groups is 1. The Kier molecular flexibility index (Phi) is 6.80. The van der Waals surface area contributed by atoms with Crippen LogP contribution in [0.3, 0.4) is 0 Å². The predicted octanol–water partition coefficient (Wildman–Crippen LogP) is 1.47. The Balaban J connectivity index is 2.51. The molecule has 1 amide bonds. The lowest BCUT2D eigenvalue weighted by atomic mass is 9.76. The number of nitrogens with two attached hydrogens (primary N) is 1. The number of oxime groups is 1. The molecular formula is C13H23F2N3O3. The molecule has 4 N–H and O–H groups in total. The van der Waals surface area contributed by atoms with E-state index in [1.807, 2.05) is 0 Å². The Morgan fingerprint density at radius 2 is 2.14 bits per heavy atom. The van der Waals surface area contributed by atoms with Crippen molar-refractivity contribution in [3.63, 3.8) is 0 Å². The molecule has 0 spiro atoms. The van der Waals surface area contributed by atoms with Gasteiger partial charge in [0.05, 0.1) is 6.61 Å². The van der Waals surface area contributed by atoms with Crippen molar-refractivity contribution in [1.82, 2.24) is 5.32 Å². The monoisotopic (exact) mass is 307 g/mol. The van der Waals surface area contributed by atoms with Crippen molar-refractivity contribution in [2.75, 3.05) is 13.2 Å². The number of halogens is 2. The van der Waals surface area contributed by atoms with E-state index in [4.69, 9.17) is 10.9 Å². The molecule has 0 radical (unpaired) electrons. The van der Waals surface area contributed by atoms with Gasteiger partial charge >= 0.3 is 0 Å². The third-order valence-corrected chi connectivity index (χ3v) is 3.82. The Morgan fingerprint density at radius 1 is 1.52 bits per heavy atom. The molecule has 1 aliphatic rings. The first-order valence-electron chi connectivity index (χ1n) is 7.04. The predicted molar refractivity (Wildman–Crippen MR) is 73.4 cm³/mol. The minimum Gasteiger partial charge on any atom is -0.409 e. The molecule has 1 aliphatic carbocycles. The first kappa shape index (κ1) is 17.6. The van der Waals surface area contributed by atoms with Gasteiger partial charge in [0.2, 0.25) is 5.91 Å². The lowest BCUT2D eigenvalue weighted by Gasteiger charge is -2.39. The molecule has 1 saturated carbocycles. The van der Waals surface area contributed by atoms with Crippen LogP contribution >= 0.6 is 0 Å². The van der Waals surface area contributed by atoms with Gasteiger partial charge in [-0.05, 0) is 31.6 Å². The van der Waals surface area contributed by atoms with Crippen LogP contribution in [0.15, 0.2) is 5.16 Å². The molecular weight excluding hydrogens is 284 g/mol. The van der Waals surface area contributed by atoms with Gasteiger partial charge in [-0.15, -0.1) is 0 Å². The number of amidine groups is 1. The summed E-state index contributed by atoms with van der Waals surface area (Å²) in [7, 11) is 0. The summed E-state index contributed by atoms with van der Waals surface area (Å²) in [6.45, 7) is 1.34. The maximum absolute atomic E-state index is 11.9. The van der Waals surface area contributed by atoms with Crippen molar-refractivity contribution in [3.8, 4) is 0 Å². The lowest BCUT2D eigenvalue weighted by Crippen LogP contribution is -2.59. The van der Waals surface area contributed by atoms with Gasteiger partial charge in [0.1, 0.15) is 12.1 Å². The summed E-state index contributed by atoms with van der Waals surface area (Å²) in [4.78, 5) is 11.9. The van der Waals surface area contributed by atoms with Gasteiger partial charge in [-0.3, -0.25) is 4.79 Å². The molecule has 6 nitrogen and oxygen atoms in total. The number of amides is 1. The molecule has 0 aromatic carbocycles. The van der Waals surface area contributed by atoms with Gasteiger partial charge in [0.25, 0.3) is 6.43 Å². The minimum atomic E-state index is -2.54. The number of carbonyl (C=O) groups excluding carboxylic acids is 1. The summed E-state index contributed by atoms with van der Waals surface area (Å²) in [5, 5.41) is 14.7. The quantitative estimate of drug-likeness (QED) is 0.218. The molecule has 1 fully saturated rings. The summed E-state index contributed by atoms with van der Waals surface area (Å²) >= 11 is 0. The van der Waals surface area contributed by atoms with E-state index < -0.39 is 18.6 Å². The summed E-state index contributed by atoms with van der Waals surface area (Å²) in [5.41, 5.74) is 4.88. The largest absolute Gasteiger partial charge is 0.409 e. The summed E-state index contributed by atoms with van der Waals surface area (Å²) in [6, 6.07) is 0. The molecule has 0 bridgehead atoms. The van der Waals surface area contributed by atoms with Crippen LogP contribution in [-0.2, 0) is 9.53 Å². The molecule has 1 rings (SSSR count). The maximum atomic E-state index is 11.9. The molecule has 0 heterocycles. The number of ether oxygens (including phenoxy) is 1. The fourth-order valence-corrected chi connectivity index (χ4v) is 2.46. The van der Waals surface area contributed by atoms with E-state index in [1.54, 1.807) is 0 Å². The van der Waals surface area contributed by atoms with Crippen LogP contribution in [0.5, 0.6) is 0 Å². The fraction of sp³-hybridized carbons (Fsp3) is 0.846. The molecule has 8 heteroatoms. The van der Waals surface area contributed by atoms with Gasteiger partial charge in [-0.2, -0.15) is 0 Å². The highest BCUT2D eigenvalue weighted by molar-refractivity contribution is 5.94. The average molecular weight is 307 g/mol. The Labute approximate surface area is 122 Å². The third kappa shape index (κ3) is 5.45. The number of hydrogen-bond donors (Lipinski definition) is 3. The van der Waals surface area contributed by atoms with Crippen LogP contribution in [0.1, 0.15) is 39.0 Å². The minimum absolute atomic E-state index is 0.0174. The molecule has 0 aliphatic heterocycles. The zero-order valence-electron chi connectivity index (χ0n) is 12.1. The van der Waals surface area contributed by atoms with E-state index in [1.165, 1.54) is 0 Å². The van der Waals surface area contributed by atoms with Crippen LogP contribution in [0, 0.1) is 5.92 Å². The van der Waals surface area contributed by atoms with Crippen molar-refractivity contribution < 1.29 is 23.5 Å². The van der Waals surface area contributed by atoms with Crippen molar-refractivity contribution in [3.05, 3.63) is 0 Å². The lowest BCUT2D eigenvalue weighted by molar-refractivity contribution is -0.124. The van der Waals surface area contributed by atoms with Crippen molar-refractivity contribution >= 4 is 11.7 Å². The van der Waals surface area contributed by atoms with E-state index in [2.05, 4.69) is 22.1 Å². The van der Waals surface area contributed by atoms with Crippen LogP contribution in [0.25, 0.3) is 0 Å². The smallest absolute Gasteiger partial charge is 0.261 e. The second kappa shape index (κ2) is 8.11. The third-order valence-electron chi connectivity index (χ3n) is 3.82. The number of nitrogens with zero attached hydrogens (tertiary/aromatic N) is 1. The summed E-state index contributed by atoms with van der Waals surface area (Å²) in [6.07, 6.45) is 0.317. The van der Waals surface area contributed by atoms with Crippen molar-refractivity contribution in [2.45, 2.75) is 51.0 Å². The number of rotatable bonds is 7. The molecule has 122 valence electrons. The van der Waals surface area contributed by atoms with E-state index in [9.17, 15) is 13.6 Å². The molecule has 0 aromatic heterocycles. The highest BCUT2D eigenvalue weighted by atomic mass is 19.3. The number of hydrogen-bond acceptors (Lipinski definition) is 4. The van der Waals surface area contributed by atoms with Crippen molar-refractivity contribution in [2.24, 2.45) is 16.8 Å². The van der Waals surface area contributed by atoms with Crippen molar-refractivity contribution in [1.29, 1.82) is 0 Å². The zero-order chi connectivity index (χ0) is 15.9. The first-order valence-corrected chi connectivity index (χ1v) is 7.04. The van der Waals surface area contributed by atoms with E-state index in [0.29, 0.717) is 18.8 Å². The van der Waals surface area contributed by atoms with Crippen LogP contribution in [-0.4, -0.2) is 42.1 Å². The first-order chi connectivity index (χ1) is 9.89. The maximum Gasteiger partial charge on any atom is 0.261 e. The standard InChI is InChI=1S/C13H23F2N3O3/c1-9-2-5-13(6-3-9,12(16)18-20)17-11(19)4-7-21-8-10(14)15/h9-10,20H,2-8H2,1H3,(H2,16,18)(H,17,19). The second-order valence-corrected chi connectivity index (χ2v) is 5.51. The van der Waals surface area contributed by atoms with Crippen LogP contribution in [0.4, 0.5) is 8.78 Å².